The van der Waals surface area contributed by atoms with E-state index in [1.807, 2.05) is 54.6 Å². The van der Waals surface area contributed by atoms with Crippen LogP contribution in [-0.2, 0) is 13.1 Å². The number of hydrogen-bond donors (Lipinski definition) is 1. The highest BCUT2D eigenvalue weighted by molar-refractivity contribution is 7.09. The summed E-state index contributed by atoms with van der Waals surface area (Å²) < 4.78 is 11.4. The van der Waals surface area contributed by atoms with Gasteiger partial charge in [0.05, 0.1) is 19.5 Å². The van der Waals surface area contributed by atoms with Gasteiger partial charge >= 0.3 is 0 Å². The van der Waals surface area contributed by atoms with Crippen LogP contribution < -0.4 is 15.6 Å². The van der Waals surface area contributed by atoms with E-state index in [-0.39, 0.29) is 17.0 Å². The molecule has 2 aromatic carbocycles. The molecular formula is C24H24N4O3S. The van der Waals surface area contributed by atoms with E-state index in [2.05, 4.69) is 21.6 Å². The molecule has 2 aromatic heterocycles. The zero-order chi connectivity index (χ0) is 22.3. The second kappa shape index (κ2) is 10.2. The molecule has 0 saturated carbocycles. The maximum atomic E-state index is 12.8. The Hall–Kier alpha value is -3.52. The summed E-state index contributed by atoms with van der Waals surface area (Å²) in [7, 11) is 0. The Kier molecular flexibility index (Phi) is 6.91. The van der Waals surface area contributed by atoms with Crippen LogP contribution in [0.5, 0.6) is 5.75 Å². The number of amides is 1. The van der Waals surface area contributed by atoms with Crippen molar-refractivity contribution in [1.82, 2.24) is 19.2 Å². The van der Waals surface area contributed by atoms with Crippen molar-refractivity contribution < 1.29 is 9.53 Å². The maximum absolute atomic E-state index is 12.8. The summed E-state index contributed by atoms with van der Waals surface area (Å²) in [6.07, 6.45) is 3.58. The normalized spacial score (nSPS) is 10.9. The summed E-state index contributed by atoms with van der Waals surface area (Å²) in [5.41, 5.74) is 2.24. The van der Waals surface area contributed by atoms with Crippen LogP contribution in [0.15, 0.2) is 65.7 Å². The van der Waals surface area contributed by atoms with Crippen LogP contribution in [0.25, 0.3) is 11.0 Å². The van der Waals surface area contributed by atoms with Gasteiger partial charge in [0.25, 0.3) is 11.5 Å². The van der Waals surface area contributed by atoms with Crippen molar-refractivity contribution in [2.75, 3.05) is 6.61 Å². The molecule has 0 aliphatic carbocycles. The number of nitrogens with zero attached hydrogens (tertiary/aromatic N) is 3. The predicted molar refractivity (Wildman–Crippen MR) is 125 cm³/mol. The molecule has 2 heterocycles. The van der Waals surface area contributed by atoms with E-state index in [1.54, 1.807) is 0 Å². The summed E-state index contributed by atoms with van der Waals surface area (Å²) in [5, 5.41) is 2.88. The summed E-state index contributed by atoms with van der Waals surface area (Å²) in [6, 6.07) is 17.3. The van der Waals surface area contributed by atoms with Gasteiger partial charge in [0, 0.05) is 6.54 Å². The topological polar surface area (TPSA) is 86.1 Å². The summed E-state index contributed by atoms with van der Waals surface area (Å²) in [4.78, 5) is 30.2. The number of hydrogen-bond acceptors (Lipinski definition) is 6. The van der Waals surface area contributed by atoms with Crippen LogP contribution in [0.1, 0.15) is 40.6 Å². The van der Waals surface area contributed by atoms with Gasteiger partial charge in [-0.3, -0.25) is 14.2 Å². The lowest BCUT2D eigenvalue weighted by molar-refractivity contribution is 0.0956. The van der Waals surface area contributed by atoms with Crippen LogP contribution in [0.4, 0.5) is 0 Å². The molecule has 0 spiro atoms. The van der Waals surface area contributed by atoms with Crippen LogP contribution in [0, 0.1) is 0 Å². The number of fused-ring (bicyclic) bond motifs is 1. The lowest BCUT2D eigenvalue weighted by atomic mass is 10.2. The fourth-order valence-electron chi connectivity index (χ4n) is 3.20. The Balaban J connectivity index is 1.42. The number of ether oxygens (including phenoxy) is 1. The molecular weight excluding hydrogens is 424 g/mol. The van der Waals surface area contributed by atoms with Crippen molar-refractivity contribution in [2.45, 2.75) is 32.9 Å². The smallest absolute Gasteiger partial charge is 0.281 e. The quantitative estimate of drug-likeness (QED) is 0.391. The number of benzene rings is 2. The van der Waals surface area contributed by atoms with E-state index in [1.165, 1.54) is 10.9 Å². The molecule has 8 heteroatoms. The van der Waals surface area contributed by atoms with Gasteiger partial charge in [0.15, 0.2) is 5.52 Å². The first-order valence-corrected chi connectivity index (χ1v) is 11.3. The Labute approximate surface area is 189 Å². The molecule has 0 saturated heterocycles. The molecule has 164 valence electrons. The van der Waals surface area contributed by atoms with E-state index >= 15 is 0 Å². The van der Waals surface area contributed by atoms with Crippen LogP contribution in [-0.4, -0.2) is 26.4 Å². The first kappa shape index (κ1) is 21.7. The van der Waals surface area contributed by atoms with E-state index in [0.717, 1.165) is 41.3 Å². The van der Waals surface area contributed by atoms with Crippen molar-refractivity contribution in [3.63, 3.8) is 0 Å². The van der Waals surface area contributed by atoms with Crippen LogP contribution >= 0.6 is 11.5 Å². The Morgan fingerprint density at radius 3 is 2.59 bits per heavy atom. The minimum Gasteiger partial charge on any atom is -0.494 e. The Morgan fingerprint density at radius 1 is 1.06 bits per heavy atom. The average Bonchev–Trinajstić information content (AvgIpc) is 3.26. The van der Waals surface area contributed by atoms with Gasteiger partial charge in [-0.1, -0.05) is 55.8 Å². The third-order valence-corrected chi connectivity index (χ3v) is 5.84. The van der Waals surface area contributed by atoms with Gasteiger partial charge in [-0.15, -0.1) is 0 Å². The summed E-state index contributed by atoms with van der Waals surface area (Å²) in [6.45, 7) is 3.58. The summed E-state index contributed by atoms with van der Waals surface area (Å²) in [5.74, 6) is 0.520. The zero-order valence-electron chi connectivity index (χ0n) is 17.8. The molecule has 0 bridgehead atoms. The van der Waals surface area contributed by atoms with E-state index < -0.39 is 0 Å². The largest absolute Gasteiger partial charge is 0.494 e. The molecule has 0 fully saturated rings. The SMILES string of the molecule is CCCCOc1ccc(CNC(=O)c2snc3c(=O)n(Cc4ccccc4)cnc23)cc1. The zero-order valence-corrected chi connectivity index (χ0v) is 18.6. The van der Waals surface area contributed by atoms with Crippen molar-refractivity contribution in [1.29, 1.82) is 0 Å². The molecule has 32 heavy (non-hydrogen) atoms. The highest BCUT2D eigenvalue weighted by atomic mass is 32.1. The molecule has 0 aliphatic heterocycles. The van der Waals surface area contributed by atoms with Gasteiger partial charge < -0.3 is 10.1 Å². The Bertz CT molecular complexity index is 1250. The van der Waals surface area contributed by atoms with Gasteiger partial charge in [-0.25, -0.2) is 4.98 Å². The molecule has 7 nitrogen and oxygen atoms in total. The Morgan fingerprint density at radius 2 is 1.84 bits per heavy atom. The average molecular weight is 449 g/mol. The third-order valence-electron chi connectivity index (χ3n) is 5.00. The number of aromatic nitrogens is 3. The van der Waals surface area contributed by atoms with Crippen LogP contribution in [0.2, 0.25) is 0 Å². The van der Waals surface area contributed by atoms with E-state index in [9.17, 15) is 9.59 Å². The van der Waals surface area contributed by atoms with Gasteiger partial charge in [0.2, 0.25) is 0 Å². The van der Waals surface area contributed by atoms with E-state index in [0.29, 0.717) is 30.1 Å². The van der Waals surface area contributed by atoms with Gasteiger partial charge in [0.1, 0.15) is 16.1 Å². The second-order valence-electron chi connectivity index (χ2n) is 7.40. The van der Waals surface area contributed by atoms with E-state index in [4.69, 9.17) is 4.74 Å². The highest BCUT2D eigenvalue weighted by Gasteiger charge is 2.18. The number of carbonyl (C=O) groups is 1. The fourth-order valence-corrected chi connectivity index (χ4v) is 3.94. The molecule has 0 aliphatic rings. The molecule has 1 N–H and O–H groups in total. The molecule has 0 radical (unpaired) electrons. The number of unbranched alkanes of at least 4 members (excludes halogenated alkanes) is 1. The number of rotatable bonds is 9. The molecule has 0 atom stereocenters. The van der Waals surface area contributed by atoms with Crippen molar-refractivity contribution >= 4 is 28.5 Å². The van der Waals surface area contributed by atoms with Gasteiger partial charge in [-0.2, -0.15) is 4.37 Å². The van der Waals surface area contributed by atoms with Crippen molar-refractivity contribution in [2.24, 2.45) is 0 Å². The molecule has 1 amide bonds. The van der Waals surface area contributed by atoms with Crippen molar-refractivity contribution in [3.05, 3.63) is 87.3 Å². The minimum absolute atomic E-state index is 0.215. The highest BCUT2D eigenvalue weighted by Crippen LogP contribution is 2.18. The van der Waals surface area contributed by atoms with Crippen LogP contribution in [0.3, 0.4) is 0 Å². The lowest BCUT2D eigenvalue weighted by Crippen LogP contribution is -2.24. The summed E-state index contributed by atoms with van der Waals surface area (Å²) >= 11 is 0.991. The fraction of sp³-hybridized carbons (Fsp3) is 0.250. The second-order valence-corrected chi connectivity index (χ2v) is 8.17. The predicted octanol–water partition coefficient (Wildman–Crippen LogP) is 4.01. The third kappa shape index (κ3) is 5.03. The lowest BCUT2D eigenvalue weighted by Gasteiger charge is -2.08. The minimum atomic E-state index is -0.298. The van der Waals surface area contributed by atoms with Gasteiger partial charge in [-0.05, 0) is 41.2 Å². The molecule has 4 aromatic rings. The standard InChI is InChI=1S/C24H24N4O3S/c1-2-3-13-31-19-11-9-17(10-12-19)14-25-23(29)22-20-21(27-32-22)24(30)28(16-26-20)15-18-7-5-4-6-8-18/h4-12,16H,2-3,13-15H2,1H3,(H,25,29). The first-order chi connectivity index (χ1) is 15.7. The first-order valence-electron chi connectivity index (χ1n) is 10.5. The maximum Gasteiger partial charge on any atom is 0.281 e. The number of carbonyl (C=O) groups excluding carboxylic acids is 1. The monoisotopic (exact) mass is 448 g/mol. The number of nitrogens with one attached hydrogen (secondary N) is 1. The van der Waals surface area contributed by atoms with Crippen molar-refractivity contribution in [3.8, 4) is 5.75 Å². The molecule has 4 rings (SSSR count). The molecule has 0 unspecified atom stereocenters.